The summed E-state index contributed by atoms with van der Waals surface area (Å²) in [5.74, 6) is -0.154. The highest BCUT2D eigenvalue weighted by atomic mass is 16.3. The predicted molar refractivity (Wildman–Crippen MR) is 78.4 cm³/mol. The summed E-state index contributed by atoms with van der Waals surface area (Å²) in [5.41, 5.74) is 1.58. The molecule has 0 aliphatic rings. The van der Waals surface area contributed by atoms with Crippen molar-refractivity contribution >= 4 is 11.6 Å². The summed E-state index contributed by atoms with van der Waals surface area (Å²) in [5, 5.41) is 15.1. The summed E-state index contributed by atoms with van der Waals surface area (Å²) in [6.07, 6.45) is 3.47. The molecule has 104 valence electrons. The maximum absolute atomic E-state index is 11.9. The van der Waals surface area contributed by atoms with Crippen molar-refractivity contribution in [2.24, 2.45) is 0 Å². The fraction of sp³-hybridized carbons (Fsp3) is 0.400. The van der Waals surface area contributed by atoms with Gasteiger partial charge in [0.2, 0.25) is 0 Å². The average Bonchev–Trinajstić information content (AvgIpc) is 2.45. The summed E-state index contributed by atoms with van der Waals surface area (Å²) in [7, 11) is 0. The Morgan fingerprint density at radius 2 is 2.11 bits per heavy atom. The summed E-state index contributed by atoms with van der Waals surface area (Å²) in [6, 6.07) is 7.11. The molecule has 1 atom stereocenters. The van der Waals surface area contributed by atoms with Crippen molar-refractivity contribution in [2.45, 2.75) is 25.8 Å². The lowest BCUT2D eigenvalue weighted by Crippen LogP contribution is -2.36. The second-order valence-electron chi connectivity index (χ2n) is 4.34. The fourth-order valence-electron chi connectivity index (χ4n) is 1.60. The van der Waals surface area contributed by atoms with Gasteiger partial charge in [-0.15, -0.1) is 6.58 Å². The first kappa shape index (κ1) is 15.2. The minimum Gasteiger partial charge on any atom is -0.394 e. The lowest BCUT2D eigenvalue weighted by molar-refractivity contribution is 0.0915. The van der Waals surface area contributed by atoms with Crippen molar-refractivity contribution in [3.8, 4) is 0 Å². The molecule has 1 rings (SSSR count). The smallest absolute Gasteiger partial charge is 0.251 e. The third-order valence-electron chi connectivity index (χ3n) is 2.87. The van der Waals surface area contributed by atoms with Crippen LogP contribution in [0.4, 0.5) is 5.69 Å². The minimum atomic E-state index is -0.183. The van der Waals surface area contributed by atoms with Gasteiger partial charge in [0, 0.05) is 17.8 Å². The van der Waals surface area contributed by atoms with E-state index in [9.17, 15) is 4.79 Å². The Kier molecular flexibility index (Phi) is 6.68. The molecule has 0 saturated heterocycles. The van der Waals surface area contributed by atoms with E-state index in [1.54, 1.807) is 12.1 Å². The van der Waals surface area contributed by atoms with Crippen LogP contribution in [0.3, 0.4) is 0 Å². The van der Waals surface area contributed by atoms with Crippen LogP contribution in [0.1, 0.15) is 30.1 Å². The molecule has 0 fully saturated rings. The molecule has 1 aromatic carbocycles. The minimum absolute atomic E-state index is 0.0383. The number of hydrogen-bond acceptors (Lipinski definition) is 3. The highest BCUT2D eigenvalue weighted by Crippen LogP contribution is 2.10. The zero-order valence-electron chi connectivity index (χ0n) is 11.4. The largest absolute Gasteiger partial charge is 0.394 e. The van der Waals surface area contributed by atoms with Crippen LogP contribution in [0.15, 0.2) is 36.9 Å². The lowest BCUT2D eigenvalue weighted by Gasteiger charge is -2.14. The first-order valence-corrected chi connectivity index (χ1v) is 6.57. The first-order chi connectivity index (χ1) is 9.21. The van der Waals surface area contributed by atoms with Crippen LogP contribution in [0.5, 0.6) is 0 Å². The van der Waals surface area contributed by atoms with E-state index in [1.807, 2.05) is 25.1 Å². The highest BCUT2D eigenvalue weighted by molar-refractivity contribution is 5.94. The van der Waals surface area contributed by atoms with Crippen molar-refractivity contribution in [1.29, 1.82) is 0 Å². The molecular formula is C15H22N2O2. The molecule has 0 saturated carbocycles. The molecule has 0 heterocycles. The van der Waals surface area contributed by atoms with E-state index in [1.165, 1.54) is 0 Å². The number of anilines is 1. The Morgan fingerprint density at radius 1 is 1.42 bits per heavy atom. The van der Waals surface area contributed by atoms with Gasteiger partial charge in [-0.2, -0.15) is 0 Å². The molecule has 0 aliphatic heterocycles. The third-order valence-corrected chi connectivity index (χ3v) is 2.87. The van der Waals surface area contributed by atoms with E-state index in [0.717, 1.165) is 18.7 Å². The van der Waals surface area contributed by atoms with Gasteiger partial charge < -0.3 is 15.7 Å². The molecule has 0 aromatic heterocycles. The van der Waals surface area contributed by atoms with Gasteiger partial charge in [0.05, 0.1) is 12.6 Å². The van der Waals surface area contributed by atoms with E-state index < -0.39 is 0 Å². The van der Waals surface area contributed by atoms with Crippen molar-refractivity contribution in [3.63, 3.8) is 0 Å². The van der Waals surface area contributed by atoms with Gasteiger partial charge >= 0.3 is 0 Å². The van der Waals surface area contributed by atoms with Gasteiger partial charge in [0.25, 0.3) is 5.91 Å². The topological polar surface area (TPSA) is 61.4 Å². The number of nitrogens with one attached hydrogen (secondary N) is 2. The van der Waals surface area contributed by atoms with Crippen LogP contribution in [0.2, 0.25) is 0 Å². The van der Waals surface area contributed by atoms with Crippen LogP contribution in [0, 0.1) is 0 Å². The number of carbonyl (C=O) groups excluding carboxylic acids is 1. The molecule has 19 heavy (non-hydrogen) atoms. The van der Waals surface area contributed by atoms with Crippen LogP contribution < -0.4 is 10.6 Å². The molecule has 0 spiro atoms. The number of benzene rings is 1. The second-order valence-corrected chi connectivity index (χ2v) is 4.34. The van der Waals surface area contributed by atoms with Crippen LogP contribution in [-0.4, -0.2) is 30.2 Å². The number of rotatable bonds is 8. The maximum Gasteiger partial charge on any atom is 0.251 e. The number of aliphatic hydroxyl groups is 1. The number of carbonyl (C=O) groups is 1. The lowest BCUT2D eigenvalue weighted by atomic mass is 10.1. The van der Waals surface area contributed by atoms with E-state index in [0.29, 0.717) is 12.0 Å². The average molecular weight is 262 g/mol. The number of amides is 1. The molecular weight excluding hydrogens is 240 g/mol. The Bertz CT molecular complexity index is 397. The van der Waals surface area contributed by atoms with E-state index in [4.69, 9.17) is 5.11 Å². The Balaban J connectivity index is 2.55. The molecule has 1 unspecified atom stereocenters. The summed E-state index contributed by atoms with van der Waals surface area (Å²) >= 11 is 0. The van der Waals surface area contributed by atoms with Gasteiger partial charge in [0.1, 0.15) is 0 Å². The SMILES string of the molecule is C=CCCNc1ccc(C(=O)NC(CC)CO)cc1. The van der Waals surface area contributed by atoms with Crippen molar-refractivity contribution in [2.75, 3.05) is 18.5 Å². The third kappa shape index (κ3) is 5.14. The molecule has 1 amide bonds. The van der Waals surface area contributed by atoms with Gasteiger partial charge in [-0.1, -0.05) is 13.0 Å². The summed E-state index contributed by atoms with van der Waals surface area (Å²) in [6.45, 7) is 6.38. The van der Waals surface area contributed by atoms with Gasteiger partial charge in [-0.05, 0) is 37.1 Å². The molecule has 0 aliphatic carbocycles. The second kappa shape index (κ2) is 8.32. The van der Waals surface area contributed by atoms with Gasteiger partial charge in [0.15, 0.2) is 0 Å². The zero-order valence-corrected chi connectivity index (χ0v) is 11.4. The summed E-state index contributed by atoms with van der Waals surface area (Å²) < 4.78 is 0. The van der Waals surface area contributed by atoms with Crippen molar-refractivity contribution < 1.29 is 9.90 Å². The number of aliphatic hydroxyl groups excluding tert-OH is 1. The maximum atomic E-state index is 11.9. The van der Waals surface area contributed by atoms with Crippen LogP contribution in [-0.2, 0) is 0 Å². The first-order valence-electron chi connectivity index (χ1n) is 6.57. The molecule has 0 radical (unpaired) electrons. The number of hydrogen-bond donors (Lipinski definition) is 3. The van der Waals surface area contributed by atoms with E-state index in [-0.39, 0.29) is 18.6 Å². The molecule has 3 N–H and O–H groups in total. The molecule has 0 bridgehead atoms. The highest BCUT2D eigenvalue weighted by Gasteiger charge is 2.10. The van der Waals surface area contributed by atoms with E-state index >= 15 is 0 Å². The fourth-order valence-corrected chi connectivity index (χ4v) is 1.60. The normalized spacial score (nSPS) is 11.7. The molecule has 1 aromatic rings. The van der Waals surface area contributed by atoms with Crippen molar-refractivity contribution in [1.82, 2.24) is 5.32 Å². The predicted octanol–water partition coefficient (Wildman–Crippen LogP) is 2.18. The standard InChI is InChI=1S/C15H22N2O2/c1-3-5-10-16-14-8-6-12(7-9-14)15(19)17-13(4-2)11-18/h3,6-9,13,16,18H,1,4-5,10-11H2,2H3,(H,17,19). The Labute approximate surface area is 114 Å². The van der Waals surface area contributed by atoms with Crippen molar-refractivity contribution in [3.05, 3.63) is 42.5 Å². The molecule has 4 heteroatoms. The van der Waals surface area contributed by atoms with E-state index in [2.05, 4.69) is 17.2 Å². The van der Waals surface area contributed by atoms with Gasteiger partial charge in [-0.25, -0.2) is 0 Å². The van der Waals surface area contributed by atoms with Crippen LogP contribution >= 0.6 is 0 Å². The zero-order chi connectivity index (χ0) is 14.1. The quantitative estimate of drug-likeness (QED) is 0.497. The van der Waals surface area contributed by atoms with Gasteiger partial charge in [-0.3, -0.25) is 4.79 Å². The van der Waals surface area contributed by atoms with Crippen LogP contribution in [0.25, 0.3) is 0 Å². The monoisotopic (exact) mass is 262 g/mol. The molecule has 4 nitrogen and oxygen atoms in total. The Hall–Kier alpha value is -1.81. The summed E-state index contributed by atoms with van der Waals surface area (Å²) in [4.78, 5) is 11.9. The Morgan fingerprint density at radius 3 is 2.63 bits per heavy atom.